The standard InChI is InChI=1S/C18H20N2O3/c21-17(14-8-11-22-12-9-14)20-13-15-5-4-10-19-18(15)23-16-6-2-1-3-7-16/h1-7,10,14H,8-9,11-13H2,(H,20,21). The molecule has 0 radical (unpaired) electrons. The highest BCUT2D eigenvalue weighted by atomic mass is 16.5. The zero-order chi connectivity index (χ0) is 15.9. The molecule has 0 atom stereocenters. The Kier molecular flexibility index (Phi) is 5.21. The van der Waals surface area contributed by atoms with Crippen molar-refractivity contribution >= 4 is 5.91 Å². The summed E-state index contributed by atoms with van der Waals surface area (Å²) in [6, 6.07) is 13.2. The quantitative estimate of drug-likeness (QED) is 0.922. The summed E-state index contributed by atoms with van der Waals surface area (Å²) in [5.74, 6) is 1.36. The van der Waals surface area contributed by atoms with E-state index < -0.39 is 0 Å². The highest BCUT2D eigenvalue weighted by molar-refractivity contribution is 5.78. The molecular weight excluding hydrogens is 292 g/mol. The van der Waals surface area contributed by atoms with Gasteiger partial charge in [0.25, 0.3) is 0 Å². The van der Waals surface area contributed by atoms with Crippen LogP contribution >= 0.6 is 0 Å². The Bertz CT molecular complexity index is 640. The van der Waals surface area contributed by atoms with Crippen molar-refractivity contribution in [3.63, 3.8) is 0 Å². The molecule has 5 nitrogen and oxygen atoms in total. The van der Waals surface area contributed by atoms with Crippen LogP contribution in [0.4, 0.5) is 0 Å². The molecule has 23 heavy (non-hydrogen) atoms. The van der Waals surface area contributed by atoms with Crippen LogP contribution in [0, 0.1) is 5.92 Å². The first-order chi connectivity index (χ1) is 11.3. The maximum atomic E-state index is 12.2. The van der Waals surface area contributed by atoms with E-state index in [0.717, 1.165) is 24.2 Å². The van der Waals surface area contributed by atoms with Crippen molar-refractivity contribution in [2.24, 2.45) is 5.92 Å². The third kappa shape index (κ3) is 4.29. The number of nitrogens with zero attached hydrogens (tertiary/aromatic N) is 1. The van der Waals surface area contributed by atoms with Gasteiger partial charge in [-0.15, -0.1) is 0 Å². The molecular formula is C18H20N2O3. The number of benzene rings is 1. The fraction of sp³-hybridized carbons (Fsp3) is 0.333. The molecule has 120 valence electrons. The van der Waals surface area contributed by atoms with E-state index in [-0.39, 0.29) is 11.8 Å². The Morgan fingerprint density at radius 2 is 1.96 bits per heavy atom. The summed E-state index contributed by atoms with van der Waals surface area (Å²) < 4.78 is 11.1. The third-order valence-electron chi connectivity index (χ3n) is 3.85. The van der Waals surface area contributed by atoms with E-state index in [1.165, 1.54) is 0 Å². The zero-order valence-electron chi connectivity index (χ0n) is 12.9. The van der Waals surface area contributed by atoms with E-state index in [1.807, 2.05) is 42.5 Å². The predicted molar refractivity (Wildman–Crippen MR) is 86.1 cm³/mol. The molecule has 5 heteroatoms. The first kappa shape index (κ1) is 15.5. The normalized spacial score (nSPS) is 15.1. The maximum Gasteiger partial charge on any atom is 0.224 e. The van der Waals surface area contributed by atoms with Crippen LogP contribution in [0.3, 0.4) is 0 Å². The second-order valence-electron chi connectivity index (χ2n) is 5.49. The summed E-state index contributed by atoms with van der Waals surface area (Å²) in [6.07, 6.45) is 3.25. The third-order valence-corrected chi connectivity index (χ3v) is 3.85. The molecule has 1 N–H and O–H groups in total. The van der Waals surface area contributed by atoms with E-state index in [1.54, 1.807) is 6.20 Å². The largest absolute Gasteiger partial charge is 0.439 e. The molecule has 0 bridgehead atoms. The smallest absolute Gasteiger partial charge is 0.224 e. The summed E-state index contributed by atoms with van der Waals surface area (Å²) in [7, 11) is 0. The molecule has 1 amide bonds. The van der Waals surface area contributed by atoms with Crippen molar-refractivity contribution in [2.75, 3.05) is 13.2 Å². The number of rotatable bonds is 5. The lowest BCUT2D eigenvalue weighted by Crippen LogP contribution is -2.33. The van der Waals surface area contributed by atoms with Gasteiger partial charge in [-0.3, -0.25) is 4.79 Å². The highest BCUT2D eigenvalue weighted by Crippen LogP contribution is 2.22. The Morgan fingerprint density at radius 3 is 2.74 bits per heavy atom. The molecule has 1 aromatic heterocycles. The van der Waals surface area contributed by atoms with Gasteiger partial charge in [0.15, 0.2) is 0 Å². The first-order valence-corrected chi connectivity index (χ1v) is 7.85. The molecule has 1 aromatic carbocycles. The number of carbonyl (C=O) groups is 1. The van der Waals surface area contributed by atoms with Crippen molar-refractivity contribution in [1.29, 1.82) is 0 Å². The lowest BCUT2D eigenvalue weighted by Gasteiger charge is -2.21. The summed E-state index contributed by atoms with van der Waals surface area (Å²) >= 11 is 0. The number of amides is 1. The minimum absolute atomic E-state index is 0.0407. The van der Waals surface area contributed by atoms with Gasteiger partial charge in [0.1, 0.15) is 5.75 Å². The lowest BCUT2D eigenvalue weighted by atomic mass is 9.99. The van der Waals surface area contributed by atoms with Crippen LogP contribution in [0.1, 0.15) is 18.4 Å². The molecule has 0 saturated carbocycles. The number of hydrogen-bond acceptors (Lipinski definition) is 4. The first-order valence-electron chi connectivity index (χ1n) is 7.85. The van der Waals surface area contributed by atoms with Crippen LogP contribution in [-0.2, 0) is 16.1 Å². The minimum atomic E-state index is 0.0407. The molecule has 1 fully saturated rings. The number of aromatic nitrogens is 1. The zero-order valence-corrected chi connectivity index (χ0v) is 12.9. The van der Waals surface area contributed by atoms with E-state index in [4.69, 9.17) is 9.47 Å². The van der Waals surface area contributed by atoms with Crippen LogP contribution in [0.5, 0.6) is 11.6 Å². The van der Waals surface area contributed by atoms with Crippen LogP contribution in [0.15, 0.2) is 48.7 Å². The van der Waals surface area contributed by atoms with Crippen LogP contribution < -0.4 is 10.1 Å². The van der Waals surface area contributed by atoms with E-state index >= 15 is 0 Å². The summed E-state index contributed by atoms with van der Waals surface area (Å²) in [4.78, 5) is 16.5. The lowest BCUT2D eigenvalue weighted by molar-refractivity contribution is -0.128. The SMILES string of the molecule is O=C(NCc1cccnc1Oc1ccccc1)C1CCOCC1. The van der Waals surface area contributed by atoms with Crippen LogP contribution in [-0.4, -0.2) is 24.1 Å². The summed E-state index contributed by atoms with van der Waals surface area (Å²) in [5.41, 5.74) is 0.858. The Hall–Kier alpha value is -2.40. The van der Waals surface area contributed by atoms with Crippen LogP contribution in [0.25, 0.3) is 0 Å². The molecule has 2 aromatic rings. The average molecular weight is 312 g/mol. The van der Waals surface area contributed by atoms with Gasteiger partial charge in [-0.2, -0.15) is 0 Å². The minimum Gasteiger partial charge on any atom is -0.439 e. The van der Waals surface area contributed by atoms with Gasteiger partial charge in [-0.25, -0.2) is 4.98 Å². The van der Waals surface area contributed by atoms with E-state index in [0.29, 0.717) is 25.6 Å². The van der Waals surface area contributed by atoms with Gasteiger partial charge in [0.2, 0.25) is 11.8 Å². The fourth-order valence-corrected chi connectivity index (χ4v) is 2.54. The topological polar surface area (TPSA) is 60.5 Å². The van der Waals surface area contributed by atoms with Crippen molar-refractivity contribution in [3.05, 3.63) is 54.2 Å². The van der Waals surface area contributed by atoms with Crippen LogP contribution in [0.2, 0.25) is 0 Å². The molecule has 3 rings (SSSR count). The van der Waals surface area contributed by atoms with Gasteiger partial charge in [-0.05, 0) is 31.0 Å². The molecule has 1 saturated heterocycles. The molecule has 1 aliphatic heterocycles. The Labute approximate surface area is 135 Å². The summed E-state index contributed by atoms with van der Waals surface area (Å²) in [6.45, 7) is 1.73. The number of nitrogens with one attached hydrogen (secondary N) is 1. The second-order valence-corrected chi connectivity index (χ2v) is 5.49. The maximum absolute atomic E-state index is 12.2. The van der Waals surface area contributed by atoms with Crippen molar-refractivity contribution in [3.8, 4) is 11.6 Å². The Morgan fingerprint density at radius 1 is 1.17 bits per heavy atom. The number of ether oxygens (including phenoxy) is 2. The van der Waals surface area contributed by atoms with Crippen molar-refractivity contribution in [1.82, 2.24) is 10.3 Å². The average Bonchev–Trinajstić information content (AvgIpc) is 2.62. The van der Waals surface area contributed by atoms with Crippen molar-refractivity contribution < 1.29 is 14.3 Å². The number of para-hydroxylation sites is 1. The number of carbonyl (C=O) groups excluding carboxylic acids is 1. The van der Waals surface area contributed by atoms with E-state index in [2.05, 4.69) is 10.3 Å². The molecule has 2 heterocycles. The van der Waals surface area contributed by atoms with Crippen molar-refractivity contribution in [2.45, 2.75) is 19.4 Å². The molecule has 1 aliphatic rings. The van der Waals surface area contributed by atoms with Gasteiger partial charge in [-0.1, -0.05) is 24.3 Å². The monoisotopic (exact) mass is 312 g/mol. The second kappa shape index (κ2) is 7.74. The Balaban J connectivity index is 1.62. The van der Waals surface area contributed by atoms with Gasteiger partial charge < -0.3 is 14.8 Å². The van der Waals surface area contributed by atoms with Gasteiger partial charge >= 0.3 is 0 Å². The molecule has 0 spiro atoms. The van der Waals surface area contributed by atoms with Gasteiger partial charge in [0, 0.05) is 37.4 Å². The molecule has 0 aliphatic carbocycles. The molecule has 0 unspecified atom stereocenters. The number of hydrogen-bond donors (Lipinski definition) is 1. The summed E-state index contributed by atoms with van der Waals surface area (Å²) in [5, 5.41) is 2.98. The highest BCUT2D eigenvalue weighted by Gasteiger charge is 2.21. The number of pyridine rings is 1. The predicted octanol–water partition coefficient (Wildman–Crippen LogP) is 2.92. The van der Waals surface area contributed by atoms with E-state index in [9.17, 15) is 4.79 Å². The fourth-order valence-electron chi connectivity index (χ4n) is 2.54. The van der Waals surface area contributed by atoms with Gasteiger partial charge in [0.05, 0.1) is 0 Å².